The normalized spacial score (nSPS) is 10.4. The van der Waals surface area contributed by atoms with E-state index in [1.54, 1.807) is 7.11 Å². The van der Waals surface area contributed by atoms with Gasteiger partial charge in [0.05, 0.1) is 24.5 Å². The topological polar surface area (TPSA) is 64.2 Å². The van der Waals surface area contributed by atoms with Crippen LogP contribution in [-0.2, 0) is 11.3 Å². The maximum absolute atomic E-state index is 11.6. The Morgan fingerprint density at radius 1 is 1.32 bits per heavy atom. The molecule has 19 heavy (non-hydrogen) atoms. The van der Waals surface area contributed by atoms with Crippen LogP contribution in [0, 0.1) is 0 Å². The lowest BCUT2D eigenvalue weighted by molar-refractivity contribution is 0.181. The number of aromatic amines is 1. The van der Waals surface area contributed by atoms with Gasteiger partial charge < -0.3 is 14.5 Å². The lowest BCUT2D eigenvalue weighted by Gasteiger charge is -2.09. The molecular formula is C14H16N2O3. The van der Waals surface area contributed by atoms with Crippen molar-refractivity contribution in [3.63, 3.8) is 0 Å². The summed E-state index contributed by atoms with van der Waals surface area (Å²) in [6.45, 7) is 2.76. The van der Waals surface area contributed by atoms with Crippen LogP contribution in [0.4, 0.5) is 0 Å². The Kier molecular flexibility index (Phi) is 4.30. The van der Waals surface area contributed by atoms with Crippen molar-refractivity contribution >= 4 is 0 Å². The molecule has 0 aliphatic heterocycles. The predicted molar refractivity (Wildman–Crippen MR) is 72.2 cm³/mol. The molecule has 0 atom stereocenters. The SMILES string of the molecule is CCOc1ccccc1-c1nc(COC)cc(=O)[nH]1. The molecule has 1 heterocycles. The van der Waals surface area contributed by atoms with E-state index in [-0.39, 0.29) is 5.56 Å². The van der Waals surface area contributed by atoms with E-state index >= 15 is 0 Å². The van der Waals surface area contributed by atoms with E-state index in [4.69, 9.17) is 9.47 Å². The smallest absolute Gasteiger partial charge is 0.251 e. The monoisotopic (exact) mass is 260 g/mol. The number of rotatable bonds is 5. The number of H-pyrrole nitrogens is 1. The Balaban J connectivity index is 2.49. The van der Waals surface area contributed by atoms with Crippen molar-refractivity contribution in [3.8, 4) is 17.1 Å². The van der Waals surface area contributed by atoms with Crippen LogP contribution in [-0.4, -0.2) is 23.7 Å². The molecule has 0 radical (unpaired) electrons. The maximum atomic E-state index is 11.6. The molecule has 0 spiro atoms. The van der Waals surface area contributed by atoms with Crippen LogP contribution in [0.3, 0.4) is 0 Å². The quantitative estimate of drug-likeness (QED) is 0.892. The van der Waals surface area contributed by atoms with Crippen LogP contribution in [0.5, 0.6) is 5.75 Å². The molecule has 0 aliphatic carbocycles. The fraction of sp³-hybridized carbons (Fsp3) is 0.286. The van der Waals surface area contributed by atoms with Crippen molar-refractivity contribution in [2.24, 2.45) is 0 Å². The van der Waals surface area contributed by atoms with Gasteiger partial charge in [0, 0.05) is 13.2 Å². The Morgan fingerprint density at radius 2 is 2.11 bits per heavy atom. The summed E-state index contributed by atoms with van der Waals surface area (Å²) in [6, 6.07) is 8.89. The number of para-hydroxylation sites is 1. The highest BCUT2D eigenvalue weighted by Crippen LogP contribution is 2.26. The molecule has 1 N–H and O–H groups in total. The van der Waals surface area contributed by atoms with E-state index in [2.05, 4.69) is 9.97 Å². The molecule has 0 saturated carbocycles. The predicted octanol–water partition coefficient (Wildman–Crippen LogP) is 1.98. The highest BCUT2D eigenvalue weighted by molar-refractivity contribution is 5.63. The largest absolute Gasteiger partial charge is 0.493 e. The van der Waals surface area contributed by atoms with Gasteiger partial charge in [-0.2, -0.15) is 0 Å². The van der Waals surface area contributed by atoms with Crippen LogP contribution >= 0.6 is 0 Å². The van der Waals surface area contributed by atoms with E-state index in [1.165, 1.54) is 6.07 Å². The van der Waals surface area contributed by atoms with E-state index < -0.39 is 0 Å². The summed E-state index contributed by atoms with van der Waals surface area (Å²) in [5.74, 6) is 1.19. The highest BCUT2D eigenvalue weighted by Gasteiger charge is 2.09. The number of ether oxygens (including phenoxy) is 2. The van der Waals surface area contributed by atoms with Gasteiger partial charge in [0.2, 0.25) is 0 Å². The van der Waals surface area contributed by atoms with Gasteiger partial charge in [-0.3, -0.25) is 4.79 Å². The number of benzene rings is 1. The van der Waals surface area contributed by atoms with Crippen LogP contribution in [0.1, 0.15) is 12.6 Å². The third-order valence-corrected chi connectivity index (χ3v) is 2.53. The molecule has 2 rings (SSSR count). The first-order valence-corrected chi connectivity index (χ1v) is 6.06. The van der Waals surface area contributed by atoms with Crippen LogP contribution in [0.15, 0.2) is 35.1 Å². The molecule has 5 heteroatoms. The first-order chi connectivity index (χ1) is 9.24. The summed E-state index contributed by atoms with van der Waals surface area (Å²) in [5.41, 5.74) is 1.15. The van der Waals surface area contributed by atoms with Gasteiger partial charge in [0.1, 0.15) is 11.6 Å². The molecule has 2 aromatic rings. The average Bonchev–Trinajstić information content (AvgIpc) is 2.39. The fourth-order valence-electron chi connectivity index (χ4n) is 1.80. The molecule has 0 saturated heterocycles. The molecule has 0 amide bonds. The average molecular weight is 260 g/mol. The van der Waals surface area contributed by atoms with Crippen molar-refractivity contribution in [3.05, 3.63) is 46.4 Å². The van der Waals surface area contributed by atoms with Gasteiger partial charge in [-0.15, -0.1) is 0 Å². The summed E-state index contributed by atoms with van der Waals surface area (Å²) in [7, 11) is 1.57. The van der Waals surface area contributed by atoms with Crippen LogP contribution in [0.25, 0.3) is 11.4 Å². The Morgan fingerprint density at radius 3 is 2.84 bits per heavy atom. The second kappa shape index (κ2) is 6.15. The first kappa shape index (κ1) is 13.3. The van der Waals surface area contributed by atoms with Crippen LogP contribution in [0.2, 0.25) is 0 Å². The number of hydrogen-bond acceptors (Lipinski definition) is 4. The van der Waals surface area contributed by atoms with Crippen LogP contribution < -0.4 is 10.3 Å². The van der Waals surface area contributed by atoms with Gasteiger partial charge in [-0.25, -0.2) is 4.98 Å². The Hall–Kier alpha value is -2.14. The number of nitrogens with one attached hydrogen (secondary N) is 1. The zero-order valence-corrected chi connectivity index (χ0v) is 11.0. The number of nitrogens with zero attached hydrogens (tertiary/aromatic N) is 1. The molecule has 1 aromatic carbocycles. The van der Waals surface area contributed by atoms with Crippen molar-refractivity contribution in [2.75, 3.05) is 13.7 Å². The molecule has 100 valence electrons. The zero-order chi connectivity index (χ0) is 13.7. The van der Waals surface area contributed by atoms with E-state index in [9.17, 15) is 4.79 Å². The lowest BCUT2D eigenvalue weighted by atomic mass is 10.2. The second-order valence-electron chi connectivity index (χ2n) is 3.95. The van der Waals surface area contributed by atoms with E-state index in [0.29, 0.717) is 30.5 Å². The summed E-state index contributed by atoms with van der Waals surface area (Å²) in [4.78, 5) is 18.7. The van der Waals surface area contributed by atoms with E-state index in [0.717, 1.165) is 5.56 Å². The molecule has 0 unspecified atom stereocenters. The highest BCUT2D eigenvalue weighted by atomic mass is 16.5. The van der Waals surface area contributed by atoms with Gasteiger partial charge >= 0.3 is 0 Å². The third kappa shape index (κ3) is 3.20. The Labute approximate surface area is 111 Å². The fourth-order valence-corrected chi connectivity index (χ4v) is 1.80. The van der Waals surface area contributed by atoms with E-state index in [1.807, 2.05) is 31.2 Å². The molecule has 1 aromatic heterocycles. The number of aromatic nitrogens is 2. The minimum Gasteiger partial charge on any atom is -0.493 e. The molecule has 0 aliphatic rings. The molecule has 0 fully saturated rings. The number of methoxy groups -OCH3 is 1. The summed E-state index contributed by atoms with van der Waals surface area (Å²) >= 11 is 0. The summed E-state index contributed by atoms with van der Waals surface area (Å²) in [6.07, 6.45) is 0. The molecule has 5 nitrogen and oxygen atoms in total. The number of hydrogen-bond donors (Lipinski definition) is 1. The van der Waals surface area contributed by atoms with Crippen molar-refractivity contribution in [1.29, 1.82) is 0 Å². The van der Waals surface area contributed by atoms with Gasteiger partial charge in [0.25, 0.3) is 5.56 Å². The van der Waals surface area contributed by atoms with Gasteiger partial charge in [-0.05, 0) is 19.1 Å². The lowest BCUT2D eigenvalue weighted by Crippen LogP contribution is -2.11. The molecular weight excluding hydrogens is 244 g/mol. The van der Waals surface area contributed by atoms with Gasteiger partial charge in [0.15, 0.2) is 0 Å². The molecule has 0 bridgehead atoms. The summed E-state index contributed by atoms with van der Waals surface area (Å²) < 4.78 is 10.5. The minimum absolute atomic E-state index is 0.205. The maximum Gasteiger partial charge on any atom is 0.251 e. The zero-order valence-electron chi connectivity index (χ0n) is 11.0. The van der Waals surface area contributed by atoms with Crippen molar-refractivity contribution < 1.29 is 9.47 Å². The Bertz CT molecular complexity index is 608. The van der Waals surface area contributed by atoms with Crippen molar-refractivity contribution in [2.45, 2.75) is 13.5 Å². The summed E-state index contributed by atoms with van der Waals surface area (Å²) in [5, 5.41) is 0. The standard InChI is InChI=1S/C14H16N2O3/c1-3-19-12-7-5-4-6-11(12)14-15-10(9-18-2)8-13(17)16-14/h4-8H,3,9H2,1-2H3,(H,15,16,17). The van der Waals surface area contributed by atoms with Crippen molar-refractivity contribution in [1.82, 2.24) is 9.97 Å². The van der Waals surface area contributed by atoms with Gasteiger partial charge in [-0.1, -0.05) is 12.1 Å². The second-order valence-corrected chi connectivity index (χ2v) is 3.95. The minimum atomic E-state index is -0.205. The third-order valence-electron chi connectivity index (χ3n) is 2.53. The first-order valence-electron chi connectivity index (χ1n) is 6.06.